The average molecular weight is 336 g/mol. The summed E-state index contributed by atoms with van der Waals surface area (Å²) in [6, 6.07) is 8.18. The van der Waals surface area contributed by atoms with E-state index in [1.807, 2.05) is 12.1 Å². The first-order valence-corrected chi connectivity index (χ1v) is 9.23. The van der Waals surface area contributed by atoms with E-state index in [1.54, 1.807) is 22.0 Å². The second kappa shape index (κ2) is 6.02. The third-order valence-electron chi connectivity index (χ3n) is 4.66. The van der Waals surface area contributed by atoms with E-state index in [0.717, 1.165) is 40.0 Å². The largest absolute Gasteiger partial charge is 0.288 e. The molecule has 0 amide bonds. The van der Waals surface area contributed by atoms with Gasteiger partial charge in [-0.3, -0.25) is 9.36 Å². The summed E-state index contributed by atoms with van der Waals surface area (Å²) >= 11 is 1.70. The van der Waals surface area contributed by atoms with Crippen molar-refractivity contribution in [1.82, 2.24) is 9.55 Å². The van der Waals surface area contributed by atoms with Gasteiger partial charge < -0.3 is 0 Å². The van der Waals surface area contributed by atoms with Crippen LogP contribution in [-0.2, 0) is 19.4 Å². The van der Waals surface area contributed by atoms with E-state index in [9.17, 15) is 4.79 Å². The van der Waals surface area contributed by atoms with Gasteiger partial charge in [-0.05, 0) is 44.2 Å². The lowest BCUT2D eigenvalue weighted by Gasteiger charge is -2.13. The van der Waals surface area contributed by atoms with Crippen LogP contribution in [0.15, 0.2) is 41.7 Å². The minimum atomic E-state index is 0.0795. The SMILES string of the molecule is C=CCn1c(-c2cccc(C)c2)nc2sc3c(c2c1=O)CCCC3. The van der Waals surface area contributed by atoms with Gasteiger partial charge in [0, 0.05) is 17.0 Å². The Bertz CT molecular complexity index is 997. The van der Waals surface area contributed by atoms with E-state index in [-0.39, 0.29) is 5.56 Å². The molecule has 4 heteroatoms. The molecule has 3 aromatic rings. The maximum atomic E-state index is 13.2. The highest BCUT2D eigenvalue weighted by Crippen LogP contribution is 2.34. The van der Waals surface area contributed by atoms with E-state index in [0.29, 0.717) is 6.54 Å². The van der Waals surface area contributed by atoms with E-state index in [4.69, 9.17) is 4.98 Å². The van der Waals surface area contributed by atoms with Gasteiger partial charge in [-0.2, -0.15) is 0 Å². The Labute approximate surface area is 145 Å². The standard InChI is InChI=1S/C20H20N2OS/c1-3-11-22-18(14-8-6-7-13(2)12-14)21-19-17(20(22)23)15-9-4-5-10-16(15)24-19/h3,6-8,12H,1,4-5,9-11H2,2H3. The number of aromatic nitrogens is 2. The van der Waals surface area contributed by atoms with Gasteiger partial charge in [0.2, 0.25) is 0 Å². The Kier molecular flexibility index (Phi) is 3.85. The molecule has 0 N–H and O–H groups in total. The molecule has 0 atom stereocenters. The summed E-state index contributed by atoms with van der Waals surface area (Å²) in [5, 5.41) is 0.841. The van der Waals surface area contributed by atoms with Gasteiger partial charge in [0.1, 0.15) is 10.7 Å². The number of aryl methyl sites for hydroxylation is 3. The molecular formula is C20H20N2OS. The van der Waals surface area contributed by atoms with Crippen LogP contribution in [0.3, 0.4) is 0 Å². The van der Waals surface area contributed by atoms with Gasteiger partial charge in [-0.25, -0.2) is 4.98 Å². The van der Waals surface area contributed by atoms with E-state index >= 15 is 0 Å². The number of hydrogen-bond donors (Lipinski definition) is 0. The molecule has 122 valence electrons. The molecule has 0 spiro atoms. The highest BCUT2D eigenvalue weighted by molar-refractivity contribution is 7.18. The highest BCUT2D eigenvalue weighted by Gasteiger charge is 2.22. The van der Waals surface area contributed by atoms with Crippen LogP contribution < -0.4 is 5.56 Å². The molecule has 2 heterocycles. The number of fused-ring (bicyclic) bond motifs is 3. The lowest BCUT2D eigenvalue weighted by molar-refractivity contribution is 0.698. The van der Waals surface area contributed by atoms with Crippen molar-refractivity contribution in [2.75, 3.05) is 0 Å². The van der Waals surface area contributed by atoms with Crippen molar-refractivity contribution in [1.29, 1.82) is 0 Å². The van der Waals surface area contributed by atoms with Crippen LogP contribution in [-0.4, -0.2) is 9.55 Å². The highest BCUT2D eigenvalue weighted by atomic mass is 32.1. The van der Waals surface area contributed by atoms with Crippen molar-refractivity contribution in [3.05, 3.63) is 63.3 Å². The number of hydrogen-bond acceptors (Lipinski definition) is 3. The summed E-state index contributed by atoms with van der Waals surface area (Å²) in [6.07, 6.45) is 6.24. The molecule has 1 aromatic carbocycles. The maximum Gasteiger partial charge on any atom is 0.263 e. The number of benzene rings is 1. The second-order valence-corrected chi connectivity index (χ2v) is 7.48. The molecular weight excluding hydrogens is 316 g/mol. The number of nitrogens with zero attached hydrogens (tertiary/aromatic N) is 2. The zero-order valence-corrected chi connectivity index (χ0v) is 14.7. The van der Waals surface area contributed by atoms with Crippen molar-refractivity contribution in [2.45, 2.75) is 39.2 Å². The summed E-state index contributed by atoms with van der Waals surface area (Å²) in [7, 11) is 0. The van der Waals surface area contributed by atoms with Crippen LogP contribution in [0, 0.1) is 6.92 Å². The van der Waals surface area contributed by atoms with E-state index in [1.165, 1.54) is 23.3 Å². The van der Waals surface area contributed by atoms with Crippen LogP contribution in [0.2, 0.25) is 0 Å². The Hall–Kier alpha value is -2.20. The van der Waals surface area contributed by atoms with Gasteiger partial charge in [-0.1, -0.05) is 29.8 Å². The van der Waals surface area contributed by atoms with Crippen LogP contribution in [0.1, 0.15) is 28.8 Å². The van der Waals surface area contributed by atoms with Gasteiger partial charge in [0.25, 0.3) is 5.56 Å². The molecule has 0 radical (unpaired) electrons. The van der Waals surface area contributed by atoms with Crippen molar-refractivity contribution < 1.29 is 0 Å². The molecule has 0 bridgehead atoms. The van der Waals surface area contributed by atoms with Crippen molar-refractivity contribution in [2.24, 2.45) is 0 Å². The summed E-state index contributed by atoms with van der Waals surface area (Å²) in [4.78, 5) is 20.4. The fourth-order valence-corrected chi connectivity index (χ4v) is 4.79. The average Bonchev–Trinajstić information content (AvgIpc) is 2.96. The van der Waals surface area contributed by atoms with Gasteiger partial charge in [0.15, 0.2) is 0 Å². The summed E-state index contributed by atoms with van der Waals surface area (Å²) in [5.41, 5.74) is 3.47. The first-order valence-electron chi connectivity index (χ1n) is 8.42. The first-order chi connectivity index (χ1) is 11.7. The molecule has 24 heavy (non-hydrogen) atoms. The van der Waals surface area contributed by atoms with Crippen LogP contribution in [0.4, 0.5) is 0 Å². The van der Waals surface area contributed by atoms with E-state index in [2.05, 4.69) is 25.6 Å². The topological polar surface area (TPSA) is 34.9 Å². The van der Waals surface area contributed by atoms with Gasteiger partial charge in [0.05, 0.1) is 5.39 Å². The summed E-state index contributed by atoms with van der Waals surface area (Å²) in [6.45, 7) is 6.36. The van der Waals surface area contributed by atoms with Crippen molar-refractivity contribution in [3.8, 4) is 11.4 Å². The Morgan fingerprint density at radius 1 is 1.33 bits per heavy atom. The molecule has 0 saturated heterocycles. The van der Waals surface area contributed by atoms with E-state index < -0.39 is 0 Å². The predicted octanol–water partition coefficient (Wildman–Crippen LogP) is 4.50. The zero-order valence-electron chi connectivity index (χ0n) is 13.8. The first kappa shape index (κ1) is 15.3. The lowest BCUT2D eigenvalue weighted by Crippen LogP contribution is -2.23. The molecule has 3 nitrogen and oxygen atoms in total. The molecule has 0 aliphatic heterocycles. The smallest absolute Gasteiger partial charge is 0.263 e. The maximum absolute atomic E-state index is 13.2. The predicted molar refractivity (Wildman–Crippen MR) is 101 cm³/mol. The normalized spacial score (nSPS) is 13.9. The number of rotatable bonds is 3. The lowest BCUT2D eigenvalue weighted by atomic mass is 9.97. The Morgan fingerprint density at radius 3 is 2.96 bits per heavy atom. The quantitative estimate of drug-likeness (QED) is 0.660. The summed E-state index contributed by atoms with van der Waals surface area (Å²) < 4.78 is 1.77. The van der Waals surface area contributed by atoms with Gasteiger partial charge >= 0.3 is 0 Å². The third-order valence-corrected chi connectivity index (χ3v) is 5.85. The minimum Gasteiger partial charge on any atom is -0.288 e. The molecule has 1 aliphatic carbocycles. The fraction of sp³-hybridized carbons (Fsp3) is 0.300. The van der Waals surface area contributed by atoms with Crippen LogP contribution in [0.25, 0.3) is 21.6 Å². The second-order valence-electron chi connectivity index (χ2n) is 6.40. The van der Waals surface area contributed by atoms with Crippen molar-refractivity contribution >= 4 is 21.6 Å². The Morgan fingerprint density at radius 2 is 2.17 bits per heavy atom. The zero-order chi connectivity index (χ0) is 16.7. The molecule has 1 aliphatic rings. The molecule has 0 unspecified atom stereocenters. The third kappa shape index (κ3) is 2.42. The minimum absolute atomic E-state index is 0.0795. The van der Waals surface area contributed by atoms with Crippen molar-refractivity contribution in [3.63, 3.8) is 0 Å². The fourth-order valence-electron chi connectivity index (χ4n) is 3.54. The molecule has 0 fully saturated rings. The monoisotopic (exact) mass is 336 g/mol. The molecule has 0 saturated carbocycles. The van der Waals surface area contributed by atoms with Crippen LogP contribution >= 0.6 is 11.3 Å². The van der Waals surface area contributed by atoms with Gasteiger partial charge in [-0.15, -0.1) is 17.9 Å². The summed E-state index contributed by atoms with van der Waals surface area (Å²) in [5.74, 6) is 0.745. The number of allylic oxidation sites excluding steroid dienone is 1. The molecule has 2 aromatic heterocycles. The van der Waals surface area contributed by atoms with Crippen LogP contribution in [0.5, 0.6) is 0 Å². The number of thiophene rings is 1. The molecule has 4 rings (SSSR count). The Balaban J connectivity index is 2.04.